The summed E-state index contributed by atoms with van der Waals surface area (Å²) in [5.41, 5.74) is 3.12. The number of rotatable bonds is 7. The van der Waals surface area contributed by atoms with Crippen LogP contribution in [0.25, 0.3) is 0 Å². The number of methoxy groups -OCH3 is 1. The van der Waals surface area contributed by atoms with Gasteiger partial charge in [0.15, 0.2) is 11.5 Å². The number of aryl methyl sites for hydroxylation is 1. The largest absolute Gasteiger partial charge is 0.377 e. The summed E-state index contributed by atoms with van der Waals surface area (Å²) in [4.78, 5) is 20.2. The summed E-state index contributed by atoms with van der Waals surface area (Å²) in [6.07, 6.45) is 1.08. The number of nitrogens with zero attached hydrogens (tertiary/aromatic N) is 3. The summed E-state index contributed by atoms with van der Waals surface area (Å²) in [5, 5.41) is 7.26. The lowest BCUT2D eigenvalue weighted by Gasteiger charge is -2.24. The smallest absolute Gasteiger partial charge is 0.276 e. The van der Waals surface area contributed by atoms with Gasteiger partial charge in [0.1, 0.15) is 6.61 Å². The summed E-state index contributed by atoms with van der Waals surface area (Å²) in [6.45, 7) is 5.49. The van der Waals surface area contributed by atoms with Gasteiger partial charge in [-0.15, -0.1) is 11.3 Å². The molecule has 1 unspecified atom stereocenters. The van der Waals surface area contributed by atoms with Crippen LogP contribution in [0.4, 0.5) is 0 Å². The molecule has 24 heavy (non-hydrogen) atoms. The zero-order valence-corrected chi connectivity index (χ0v) is 14.8. The van der Waals surface area contributed by atoms with E-state index >= 15 is 0 Å². The van der Waals surface area contributed by atoms with E-state index in [1.54, 1.807) is 24.5 Å². The monoisotopic (exact) mass is 350 g/mol. The molecule has 0 bridgehead atoms. The maximum absolute atomic E-state index is 12.9. The molecule has 1 atom stereocenters. The molecule has 0 saturated carbocycles. The van der Waals surface area contributed by atoms with E-state index < -0.39 is 0 Å². The van der Waals surface area contributed by atoms with Gasteiger partial charge in [-0.2, -0.15) is 0 Å². The first kappa shape index (κ1) is 17.1. The lowest BCUT2D eigenvalue weighted by atomic mass is 10.1. The van der Waals surface area contributed by atoms with Crippen LogP contribution in [0.2, 0.25) is 0 Å². The lowest BCUT2D eigenvalue weighted by Crippen LogP contribution is -2.35. The van der Waals surface area contributed by atoms with Crippen molar-refractivity contribution in [1.82, 2.24) is 20.4 Å². The van der Waals surface area contributed by atoms with Gasteiger partial charge in [0.05, 0.1) is 17.7 Å². The number of aromatic nitrogens is 2. The molecule has 0 aliphatic carbocycles. The molecule has 1 N–H and O–H groups in total. The van der Waals surface area contributed by atoms with Crippen LogP contribution in [0, 0.1) is 12.8 Å². The number of hydrogen-bond acceptors (Lipinski definition) is 7. The van der Waals surface area contributed by atoms with Crippen LogP contribution < -0.4 is 5.32 Å². The second kappa shape index (κ2) is 7.87. The van der Waals surface area contributed by atoms with Crippen LogP contribution >= 0.6 is 11.3 Å². The first-order valence-electron chi connectivity index (χ1n) is 8.01. The Kier molecular flexibility index (Phi) is 5.60. The molecule has 0 radical (unpaired) electrons. The van der Waals surface area contributed by atoms with Gasteiger partial charge in [0.2, 0.25) is 0 Å². The molecular weight excluding hydrogens is 328 g/mol. The van der Waals surface area contributed by atoms with Crippen molar-refractivity contribution in [2.24, 2.45) is 5.92 Å². The van der Waals surface area contributed by atoms with E-state index in [0.717, 1.165) is 30.1 Å². The molecule has 1 amide bonds. The number of nitrogens with one attached hydrogen (secondary N) is 1. The van der Waals surface area contributed by atoms with Gasteiger partial charge < -0.3 is 19.5 Å². The Morgan fingerprint density at radius 1 is 1.58 bits per heavy atom. The summed E-state index contributed by atoms with van der Waals surface area (Å²) >= 11 is 1.58. The van der Waals surface area contributed by atoms with E-state index in [2.05, 4.69) is 15.5 Å². The molecule has 1 fully saturated rings. The molecule has 0 spiro atoms. The molecule has 3 rings (SSSR count). The minimum atomic E-state index is -0.110. The molecule has 0 aromatic carbocycles. The van der Waals surface area contributed by atoms with Crippen LogP contribution in [0.3, 0.4) is 0 Å². The van der Waals surface area contributed by atoms with Gasteiger partial charge in [-0.05, 0) is 32.4 Å². The van der Waals surface area contributed by atoms with Gasteiger partial charge in [-0.25, -0.2) is 4.98 Å². The minimum Gasteiger partial charge on any atom is -0.377 e. The summed E-state index contributed by atoms with van der Waals surface area (Å²) < 4.78 is 10.2. The SMILES string of the molecule is COCc1cc(C(=O)N(Cc2scnc2C)CC2CCNC2)no1. The van der Waals surface area contributed by atoms with E-state index in [1.165, 1.54) is 0 Å². The number of carbonyl (C=O) groups excluding carboxylic acids is 1. The van der Waals surface area contributed by atoms with E-state index in [4.69, 9.17) is 9.26 Å². The van der Waals surface area contributed by atoms with Crippen LogP contribution in [0.15, 0.2) is 16.1 Å². The maximum atomic E-state index is 12.9. The standard InChI is InChI=1S/C16H22N4O3S/c1-11-15(24-10-18-11)8-20(7-12-3-4-17-6-12)16(21)14-5-13(9-22-2)23-19-14/h5,10,12,17H,3-4,6-9H2,1-2H3. The quantitative estimate of drug-likeness (QED) is 0.821. The highest BCUT2D eigenvalue weighted by Gasteiger charge is 2.26. The van der Waals surface area contributed by atoms with Crippen LogP contribution in [0.5, 0.6) is 0 Å². The Bertz CT molecular complexity index is 678. The Morgan fingerprint density at radius 3 is 3.12 bits per heavy atom. The third-order valence-electron chi connectivity index (χ3n) is 4.17. The highest BCUT2D eigenvalue weighted by Crippen LogP contribution is 2.20. The average molecular weight is 350 g/mol. The molecule has 1 aliphatic rings. The minimum absolute atomic E-state index is 0.110. The molecular formula is C16H22N4O3S. The van der Waals surface area contributed by atoms with Crippen molar-refractivity contribution in [2.45, 2.75) is 26.5 Å². The van der Waals surface area contributed by atoms with Crippen LogP contribution in [0.1, 0.15) is 33.2 Å². The van der Waals surface area contributed by atoms with Crippen molar-refractivity contribution in [3.63, 3.8) is 0 Å². The summed E-state index contributed by atoms with van der Waals surface area (Å²) in [5.74, 6) is 0.908. The third kappa shape index (κ3) is 4.00. The average Bonchev–Trinajstić information content (AvgIpc) is 3.30. The fraction of sp³-hybridized carbons (Fsp3) is 0.562. The molecule has 130 valence electrons. The first-order valence-corrected chi connectivity index (χ1v) is 8.89. The molecule has 1 aliphatic heterocycles. The zero-order valence-electron chi connectivity index (χ0n) is 13.9. The normalized spacial score (nSPS) is 17.3. The van der Waals surface area contributed by atoms with E-state index in [0.29, 0.717) is 37.1 Å². The molecule has 2 aromatic heterocycles. The van der Waals surface area contributed by atoms with Crippen molar-refractivity contribution >= 4 is 17.2 Å². The van der Waals surface area contributed by atoms with Gasteiger partial charge in [-0.3, -0.25) is 4.79 Å². The summed E-state index contributed by atoms with van der Waals surface area (Å²) in [7, 11) is 1.58. The Hall–Kier alpha value is -1.77. The fourth-order valence-corrected chi connectivity index (χ4v) is 3.63. The number of ether oxygens (including phenoxy) is 1. The molecule has 2 aromatic rings. The first-order chi connectivity index (χ1) is 11.7. The van der Waals surface area contributed by atoms with Crippen molar-refractivity contribution in [3.8, 4) is 0 Å². The fourth-order valence-electron chi connectivity index (χ4n) is 2.84. The highest BCUT2D eigenvalue weighted by atomic mass is 32.1. The van der Waals surface area contributed by atoms with Crippen LogP contribution in [-0.2, 0) is 17.9 Å². The highest BCUT2D eigenvalue weighted by molar-refractivity contribution is 7.09. The molecule has 8 heteroatoms. The predicted molar refractivity (Wildman–Crippen MR) is 89.8 cm³/mol. The second-order valence-corrected chi connectivity index (χ2v) is 6.96. The van der Waals surface area contributed by atoms with E-state index in [1.807, 2.05) is 17.3 Å². The topological polar surface area (TPSA) is 80.5 Å². The molecule has 1 saturated heterocycles. The predicted octanol–water partition coefficient (Wildman–Crippen LogP) is 1.84. The number of thiazole rings is 1. The van der Waals surface area contributed by atoms with E-state index in [9.17, 15) is 4.79 Å². The number of carbonyl (C=O) groups is 1. The van der Waals surface area contributed by atoms with Crippen molar-refractivity contribution in [1.29, 1.82) is 0 Å². The van der Waals surface area contributed by atoms with Crippen molar-refractivity contribution in [2.75, 3.05) is 26.7 Å². The second-order valence-electron chi connectivity index (χ2n) is 6.02. The van der Waals surface area contributed by atoms with Crippen molar-refractivity contribution in [3.05, 3.63) is 33.6 Å². The van der Waals surface area contributed by atoms with Gasteiger partial charge in [0, 0.05) is 24.6 Å². The van der Waals surface area contributed by atoms with E-state index in [-0.39, 0.29) is 5.91 Å². The Morgan fingerprint density at radius 2 is 2.46 bits per heavy atom. The third-order valence-corrected chi connectivity index (χ3v) is 5.09. The number of amides is 1. The summed E-state index contributed by atoms with van der Waals surface area (Å²) in [6, 6.07) is 1.66. The Labute approximate surface area is 145 Å². The van der Waals surface area contributed by atoms with Gasteiger partial charge in [0.25, 0.3) is 5.91 Å². The molecule has 7 nitrogen and oxygen atoms in total. The Balaban J connectivity index is 1.76. The van der Waals surface area contributed by atoms with Gasteiger partial charge >= 0.3 is 0 Å². The molecule has 3 heterocycles. The van der Waals surface area contributed by atoms with Gasteiger partial charge in [-0.1, -0.05) is 5.16 Å². The maximum Gasteiger partial charge on any atom is 0.276 e. The van der Waals surface area contributed by atoms with Crippen molar-refractivity contribution < 1.29 is 14.1 Å². The lowest BCUT2D eigenvalue weighted by molar-refractivity contribution is 0.0709. The zero-order chi connectivity index (χ0) is 16.9. The number of hydrogen-bond donors (Lipinski definition) is 1. The van der Waals surface area contributed by atoms with Crippen LogP contribution in [-0.4, -0.2) is 47.7 Å².